The molecule has 2 aromatic carbocycles. The van der Waals surface area contributed by atoms with E-state index in [0.717, 1.165) is 28.5 Å². The first-order valence-electron chi connectivity index (χ1n) is 12.1. The Morgan fingerprint density at radius 3 is 2.70 bits per heavy atom. The summed E-state index contributed by atoms with van der Waals surface area (Å²) in [5, 5.41) is 11.6. The van der Waals surface area contributed by atoms with Crippen LogP contribution in [0.1, 0.15) is 34.3 Å². The van der Waals surface area contributed by atoms with Crippen LogP contribution in [-0.4, -0.2) is 51.7 Å². The molecule has 0 bridgehead atoms. The third-order valence-corrected chi connectivity index (χ3v) is 6.66. The third-order valence-electron chi connectivity index (χ3n) is 6.66. The summed E-state index contributed by atoms with van der Waals surface area (Å²) < 4.78 is 0. The molecule has 1 aliphatic rings. The quantitative estimate of drug-likeness (QED) is 0.185. The Morgan fingerprint density at radius 2 is 1.95 bits per heavy atom. The maximum atomic E-state index is 12.7. The van der Waals surface area contributed by atoms with E-state index in [0.29, 0.717) is 48.7 Å². The number of benzene rings is 2. The molecule has 7 N–H and O–H groups in total. The first-order valence-corrected chi connectivity index (χ1v) is 12.1. The van der Waals surface area contributed by atoms with Crippen LogP contribution in [0.2, 0.25) is 0 Å². The number of hydrogen-bond acceptors (Lipinski definition) is 6. The van der Waals surface area contributed by atoms with Crippen molar-refractivity contribution < 1.29 is 9.59 Å². The minimum atomic E-state index is -0.387. The van der Waals surface area contributed by atoms with Gasteiger partial charge < -0.3 is 26.7 Å². The Labute approximate surface area is 213 Å². The van der Waals surface area contributed by atoms with Gasteiger partial charge >= 0.3 is 0 Å². The Hall–Kier alpha value is -4.73. The van der Waals surface area contributed by atoms with Crippen molar-refractivity contribution in [1.29, 1.82) is 5.41 Å². The lowest BCUT2D eigenvalue weighted by Crippen LogP contribution is -2.41. The van der Waals surface area contributed by atoms with Crippen LogP contribution in [0.4, 0.5) is 5.95 Å². The highest BCUT2D eigenvalue weighted by atomic mass is 16.2. The summed E-state index contributed by atoms with van der Waals surface area (Å²) in [6.45, 7) is 1.16. The molecular weight excluding hydrogens is 468 g/mol. The molecule has 0 aliphatic carbocycles. The minimum Gasteiger partial charge on any atom is -0.384 e. The number of nitrogens with zero attached hydrogens (tertiary/aromatic N) is 3. The zero-order valence-corrected chi connectivity index (χ0v) is 20.2. The first kappa shape index (κ1) is 24.0. The molecule has 1 unspecified atom stereocenters. The molecule has 10 heteroatoms. The van der Waals surface area contributed by atoms with Crippen molar-refractivity contribution in [2.45, 2.75) is 25.3 Å². The molecule has 3 heterocycles. The van der Waals surface area contributed by atoms with E-state index in [1.165, 1.54) is 0 Å². The van der Waals surface area contributed by atoms with Crippen LogP contribution in [0, 0.1) is 5.41 Å². The van der Waals surface area contributed by atoms with E-state index in [9.17, 15) is 9.59 Å². The summed E-state index contributed by atoms with van der Waals surface area (Å²) >= 11 is 0. The fourth-order valence-corrected chi connectivity index (χ4v) is 4.71. The number of carbonyl (C=O) groups excluding carboxylic acids is 2. The van der Waals surface area contributed by atoms with Gasteiger partial charge in [-0.2, -0.15) is 0 Å². The van der Waals surface area contributed by atoms with E-state index in [1.54, 1.807) is 30.6 Å². The number of hydrogen-bond donors (Lipinski definition) is 5. The monoisotopic (exact) mass is 496 g/mol. The Bertz CT molecular complexity index is 1480. The van der Waals surface area contributed by atoms with Gasteiger partial charge in [0.1, 0.15) is 11.9 Å². The molecule has 1 fully saturated rings. The second-order valence-corrected chi connectivity index (χ2v) is 9.07. The second-order valence-electron chi connectivity index (χ2n) is 9.07. The average molecular weight is 497 g/mol. The van der Waals surface area contributed by atoms with Gasteiger partial charge in [0.25, 0.3) is 5.91 Å². The molecule has 0 saturated carbocycles. The van der Waals surface area contributed by atoms with Crippen LogP contribution in [0.15, 0.2) is 60.9 Å². The molecule has 4 aromatic rings. The van der Waals surface area contributed by atoms with Crippen LogP contribution in [0.3, 0.4) is 0 Å². The van der Waals surface area contributed by atoms with Crippen molar-refractivity contribution in [3.8, 4) is 11.3 Å². The highest BCUT2D eigenvalue weighted by Gasteiger charge is 2.31. The number of H-pyrrole nitrogens is 1. The number of primary amides is 1. The van der Waals surface area contributed by atoms with E-state index < -0.39 is 0 Å². The lowest BCUT2D eigenvalue weighted by molar-refractivity contribution is -0.119. The zero-order chi connectivity index (χ0) is 25.9. The Balaban J connectivity index is 1.22. The molecular formula is C27H28N8O2. The van der Waals surface area contributed by atoms with E-state index in [-0.39, 0.29) is 23.7 Å². The highest BCUT2D eigenvalue weighted by molar-refractivity contribution is 6.07. The summed E-state index contributed by atoms with van der Waals surface area (Å²) in [4.78, 5) is 38.4. The first-order chi connectivity index (χ1) is 17.9. The van der Waals surface area contributed by atoms with Gasteiger partial charge in [-0.1, -0.05) is 18.2 Å². The molecule has 1 atom stereocenters. The predicted octanol–water partition coefficient (Wildman–Crippen LogP) is 2.34. The molecule has 37 heavy (non-hydrogen) atoms. The number of fused-ring (bicyclic) bond motifs is 1. The second kappa shape index (κ2) is 10.1. The van der Waals surface area contributed by atoms with Crippen molar-refractivity contribution in [3.63, 3.8) is 0 Å². The largest absolute Gasteiger partial charge is 0.384 e. The number of nitrogens with two attached hydrogens (primary N) is 2. The molecule has 2 amide bonds. The maximum Gasteiger partial charge on any atom is 0.251 e. The van der Waals surface area contributed by atoms with E-state index in [1.807, 2.05) is 35.2 Å². The molecule has 10 nitrogen and oxygen atoms in total. The van der Waals surface area contributed by atoms with Gasteiger partial charge in [0.05, 0.1) is 5.69 Å². The molecule has 5 rings (SSSR count). The lowest BCUT2D eigenvalue weighted by atomic mass is 10.1. The Morgan fingerprint density at radius 1 is 1.14 bits per heavy atom. The highest BCUT2D eigenvalue weighted by Crippen LogP contribution is 2.25. The number of amides is 2. The third kappa shape index (κ3) is 4.99. The zero-order valence-electron chi connectivity index (χ0n) is 20.2. The van der Waals surface area contributed by atoms with Gasteiger partial charge in [0.15, 0.2) is 0 Å². The van der Waals surface area contributed by atoms with Crippen LogP contribution in [0.25, 0.3) is 22.2 Å². The lowest BCUT2D eigenvalue weighted by Gasteiger charge is -2.22. The van der Waals surface area contributed by atoms with Gasteiger partial charge in [-0.3, -0.25) is 15.0 Å². The maximum absolute atomic E-state index is 12.7. The number of rotatable bonds is 8. The van der Waals surface area contributed by atoms with Crippen molar-refractivity contribution in [2.24, 2.45) is 11.5 Å². The van der Waals surface area contributed by atoms with Gasteiger partial charge in [0.2, 0.25) is 11.9 Å². The molecule has 188 valence electrons. The number of aromatic amines is 1. The average Bonchev–Trinajstić information content (AvgIpc) is 3.56. The van der Waals surface area contributed by atoms with Crippen LogP contribution >= 0.6 is 0 Å². The molecule has 0 radical (unpaired) electrons. The molecule has 1 aliphatic heterocycles. The molecule has 2 aromatic heterocycles. The molecule has 1 saturated heterocycles. The standard InChI is InChI=1S/C27H28N8O2/c28-24(29)20-15-33-22-8-3-16(14-19(20)22)9-11-31-26(37)18-6-4-17(5-7-18)21-10-12-32-27(34-21)35-13-1-2-23(35)25(30)36/h3-8,10,12,14-15,23,33H,1-2,9,11,13H2,(H3,28,29)(H2,30,36)(H,31,37). The number of anilines is 1. The van der Waals surface area contributed by atoms with Gasteiger partial charge in [-0.15, -0.1) is 0 Å². The summed E-state index contributed by atoms with van der Waals surface area (Å²) in [7, 11) is 0. The summed E-state index contributed by atoms with van der Waals surface area (Å²) in [6.07, 6.45) is 5.61. The molecule has 0 spiro atoms. The van der Waals surface area contributed by atoms with Crippen LogP contribution < -0.4 is 21.7 Å². The summed E-state index contributed by atoms with van der Waals surface area (Å²) in [6, 6.07) is 14.6. The van der Waals surface area contributed by atoms with Crippen molar-refractivity contribution in [1.82, 2.24) is 20.3 Å². The summed E-state index contributed by atoms with van der Waals surface area (Å²) in [5.41, 5.74) is 15.9. The SMILES string of the molecule is N=C(N)c1c[nH]c2ccc(CCNC(=O)c3ccc(-c4ccnc(N5CCCC5C(N)=O)n4)cc3)cc12. The van der Waals surface area contributed by atoms with Gasteiger partial charge in [-0.25, -0.2) is 9.97 Å². The van der Waals surface area contributed by atoms with E-state index >= 15 is 0 Å². The van der Waals surface area contributed by atoms with E-state index in [4.69, 9.17) is 16.9 Å². The van der Waals surface area contributed by atoms with Crippen LogP contribution in [0.5, 0.6) is 0 Å². The predicted molar refractivity (Wildman–Crippen MR) is 142 cm³/mol. The number of nitrogens with one attached hydrogen (secondary N) is 3. The topological polar surface area (TPSA) is 167 Å². The summed E-state index contributed by atoms with van der Waals surface area (Å²) in [5.74, 6) is -0.0331. The van der Waals surface area contributed by atoms with E-state index in [2.05, 4.69) is 20.3 Å². The van der Waals surface area contributed by atoms with Crippen LogP contribution in [-0.2, 0) is 11.2 Å². The minimum absolute atomic E-state index is 0.0178. The normalized spacial score (nSPS) is 15.1. The van der Waals surface area contributed by atoms with Gasteiger partial charge in [0, 0.05) is 53.1 Å². The van der Waals surface area contributed by atoms with Gasteiger partial charge in [-0.05, 0) is 55.2 Å². The van der Waals surface area contributed by atoms with Crippen molar-refractivity contribution >= 4 is 34.5 Å². The number of nitrogen functional groups attached to an aromatic ring is 1. The fourth-order valence-electron chi connectivity index (χ4n) is 4.71. The number of aromatic nitrogens is 3. The van der Waals surface area contributed by atoms with Crippen molar-refractivity contribution in [3.05, 3.63) is 77.6 Å². The Kier molecular flexibility index (Phi) is 6.55. The fraction of sp³-hybridized carbons (Fsp3) is 0.222. The smallest absolute Gasteiger partial charge is 0.251 e. The number of carbonyl (C=O) groups is 2. The number of amidine groups is 1. The van der Waals surface area contributed by atoms with Crippen molar-refractivity contribution in [2.75, 3.05) is 18.0 Å².